The Kier molecular flexibility index (Phi) is 8.34. The molecule has 1 unspecified atom stereocenters. The Bertz CT molecular complexity index is 1140. The summed E-state index contributed by atoms with van der Waals surface area (Å²) in [5.74, 6) is -4.73. The SMILES string of the molecule is C=CC1=C(C(=O)OCOC(=O)C(C)(OC)OC)N2C(=O)C(NC(=O)C(=NO)c3csc(N)n3)[C@H]2SC1. The molecular formula is C20H23N5O9S2. The number of amides is 2. The molecule has 2 aliphatic rings. The lowest BCUT2D eigenvalue weighted by molar-refractivity contribution is -0.229. The summed E-state index contributed by atoms with van der Waals surface area (Å²) in [7, 11) is 2.48. The molecule has 2 atom stereocenters. The van der Waals surface area contributed by atoms with Gasteiger partial charge in [0.25, 0.3) is 17.6 Å². The van der Waals surface area contributed by atoms with E-state index >= 15 is 0 Å². The third-order valence-corrected chi connectivity index (χ3v) is 7.31. The molecular weight excluding hydrogens is 518 g/mol. The number of oxime groups is 1. The Balaban J connectivity index is 1.68. The van der Waals surface area contributed by atoms with Crippen molar-refractivity contribution in [1.82, 2.24) is 15.2 Å². The number of nitrogen functional groups attached to an aromatic ring is 1. The second kappa shape index (κ2) is 11.1. The average Bonchev–Trinajstić information content (AvgIpc) is 3.31. The summed E-state index contributed by atoms with van der Waals surface area (Å²) < 4.78 is 19.8. The van der Waals surface area contributed by atoms with Crippen LogP contribution in [-0.2, 0) is 38.1 Å². The van der Waals surface area contributed by atoms with E-state index in [1.807, 2.05) is 0 Å². The predicted molar refractivity (Wildman–Crippen MR) is 127 cm³/mol. The van der Waals surface area contributed by atoms with Crippen LogP contribution < -0.4 is 11.1 Å². The van der Waals surface area contributed by atoms with Gasteiger partial charge in [0.2, 0.25) is 6.79 Å². The topological polar surface area (TPSA) is 192 Å². The maximum absolute atomic E-state index is 12.9. The van der Waals surface area contributed by atoms with Crippen LogP contribution in [0.2, 0.25) is 0 Å². The lowest BCUT2D eigenvalue weighted by Crippen LogP contribution is -2.71. The number of carbonyl (C=O) groups is 4. The molecule has 1 aromatic rings. The van der Waals surface area contributed by atoms with Gasteiger partial charge < -0.3 is 35.2 Å². The lowest BCUT2D eigenvalue weighted by Gasteiger charge is -2.49. The zero-order chi connectivity index (χ0) is 26.6. The minimum Gasteiger partial charge on any atom is -0.424 e. The highest BCUT2D eigenvalue weighted by molar-refractivity contribution is 8.00. The number of aromatic nitrogens is 1. The van der Waals surface area contributed by atoms with E-state index in [0.717, 1.165) is 16.2 Å². The summed E-state index contributed by atoms with van der Waals surface area (Å²) in [5, 5.41) is 15.7. The van der Waals surface area contributed by atoms with Crippen molar-refractivity contribution in [3.8, 4) is 0 Å². The number of nitrogens with zero attached hydrogens (tertiary/aromatic N) is 3. The molecule has 0 radical (unpaired) electrons. The van der Waals surface area contributed by atoms with Gasteiger partial charge in [-0.2, -0.15) is 0 Å². The van der Waals surface area contributed by atoms with E-state index < -0.39 is 53.5 Å². The number of carbonyl (C=O) groups excluding carboxylic acids is 4. The van der Waals surface area contributed by atoms with Gasteiger partial charge in [-0.25, -0.2) is 14.6 Å². The Labute approximate surface area is 213 Å². The number of methoxy groups -OCH3 is 2. The van der Waals surface area contributed by atoms with Crippen molar-refractivity contribution in [2.24, 2.45) is 5.16 Å². The molecule has 16 heteroatoms. The predicted octanol–water partition coefficient (Wildman–Crippen LogP) is -0.203. The Morgan fingerprint density at radius 1 is 1.39 bits per heavy atom. The van der Waals surface area contributed by atoms with Gasteiger partial charge in [-0.05, 0) is 5.57 Å². The molecule has 0 saturated carbocycles. The van der Waals surface area contributed by atoms with E-state index in [4.69, 9.17) is 24.7 Å². The number of β-lactam (4-membered cyclic amide) rings is 1. The maximum Gasteiger partial charge on any atom is 0.369 e. The van der Waals surface area contributed by atoms with E-state index in [0.29, 0.717) is 5.57 Å². The number of fused-ring (bicyclic) bond motifs is 1. The average molecular weight is 542 g/mol. The minimum atomic E-state index is -1.69. The third-order valence-electron chi connectivity index (χ3n) is 5.33. The van der Waals surface area contributed by atoms with Gasteiger partial charge in [0.05, 0.1) is 0 Å². The first kappa shape index (κ1) is 27.1. The molecule has 4 N–H and O–H groups in total. The monoisotopic (exact) mass is 541 g/mol. The third kappa shape index (κ3) is 5.06. The van der Waals surface area contributed by atoms with Crippen molar-refractivity contribution < 1.29 is 43.3 Å². The van der Waals surface area contributed by atoms with Crippen LogP contribution in [0.15, 0.2) is 34.5 Å². The fraction of sp³-hybridized carbons (Fsp3) is 0.400. The number of allylic oxidation sites excluding steroid dienone is 1. The summed E-state index contributed by atoms with van der Waals surface area (Å²) in [4.78, 5) is 55.5. The first-order chi connectivity index (χ1) is 17.1. The van der Waals surface area contributed by atoms with Gasteiger partial charge in [0.1, 0.15) is 22.8 Å². The quantitative estimate of drug-likeness (QED) is 0.0883. The highest BCUT2D eigenvalue weighted by atomic mass is 32.2. The lowest BCUT2D eigenvalue weighted by atomic mass is 10.0. The highest BCUT2D eigenvalue weighted by Gasteiger charge is 2.54. The van der Waals surface area contributed by atoms with Gasteiger partial charge >= 0.3 is 11.9 Å². The number of esters is 2. The summed E-state index contributed by atoms with van der Waals surface area (Å²) in [6, 6.07) is -1.02. The fourth-order valence-electron chi connectivity index (χ4n) is 3.19. The summed E-state index contributed by atoms with van der Waals surface area (Å²) in [5.41, 5.74) is 5.50. The molecule has 3 heterocycles. The number of thioether (sulfide) groups is 1. The molecule has 2 aliphatic heterocycles. The normalized spacial score (nSPS) is 19.8. The Morgan fingerprint density at radius 3 is 2.64 bits per heavy atom. The molecule has 3 rings (SSSR count). The largest absolute Gasteiger partial charge is 0.424 e. The van der Waals surface area contributed by atoms with Crippen LogP contribution in [0.25, 0.3) is 0 Å². The molecule has 1 aromatic heterocycles. The van der Waals surface area contributed by atoms with Gasteiger partial charge in [-0.15, -0.1) is 23.1 Å². The van der Waals surface area contributed by atoms with Crippen LogP contribution in [0.3, 0.4) is 0 Å². The molecule has 194 valence electrons. The second-order valence-corrected chi connectivity index (χ2v) is 9.29. The molecule has 1 saturated heterocycles. The molecule has 0 aromatic carbocycles. The molecule has 0 spiro atoms. The number of thiazole rings is 1. The molecule has 2 amide bonds. The van der Waals surface area contributed by atoms with Crippen LogP contribution in [0.4, 0.5) is 5.13 Å². The zero-order valence-corrected chi connectivity index (χ0v) is 21.0. The van der Waals surface area contributed by atoms with E-state index in [9.17, 15) is 24.4 Å². The Hall–Kier alpha value is -3.47. The van der Waals surface area contributed by atoms with Crippen molar-refractivity contribution in [3.05, 3.63) is 35.0 Å². The molecule has 14 nitrogen and oxygen atoms in total. The molecule has 1 fully saturated rings. The van der Waals surface area contributed by atoms with Gasteiger partial charge in [0, 0.05) is 32.3 Å². The number of anilines is 1. The number of hydrogen-bond acceptors (Lipinski definition) is 14. The standard InChI is InChI=1S/C20H23N5O9S2/c1-5-9-6-35-16-12(23-14(26)11(24-30)10-7-36-19(21)22-10)15(27)25(16)13(9)17(28)33-8-34-18(29)20(2,31-3)32-4/h5,7,12,16,30H,1,6,8H2,2-4H3,(H2,21,22)(H,23,26)/t12?,16-/m1/s1. The fourth-order valence-corrected chi connectivity index (χ4v) is 5.08. The van der Waals surface area contributed by atoms with E-state index in [1.165, 1.54) is 44.4 Å². The smallest absolute Gasteiger partial charge is 0.369 e. The summed E-state index contributed by atoms with van der Waals surface area (Å²) >= 11 is 2.32. The van der Waals surface area contributed by atoms with Crippen molar-refractivity contribution in [3.63, 3.8) is 0 Å². The van der Waals surface area contributed by atoms with Crippen LogP contribution in [0.5, 0.6) is 0 Å². The molecule has 0 bridgehead atoms. The van der Waals surface area contributed by atoms with E-state index in [2.05, 4.69) is 22.0 Å². The number of nitrogens with one attached hydrogen (secondary N) is 1. The molecule has 36 heavy (non-hydrogen) atoms. The number of nitrogens with two attached hydrogens (primary N) is 1. The van der Waals surface area contributed by atoms with Crippen LogP contribution in [0.1, 0.15) is 12.6 Å². The van der Waals surface area contributed by atoms with Gasteiger partial charge in [-0.3, -0.25) is 14.5 Å². The van der Waals surface area contributed by atoms with Gasteiger partial charge in [0.15, 0.2) is 10.8 Å². The van der Waals surface area contributed by atoms with E-state index in [1.54, 1.807) is 0 Å². The van der Waals surface area contributed by atoms with Crippen molar-refractivity contribution >= 4 is 57.7 Å². The molecule has 0 aliphatic carbocycles. The zero-order valence-electron chi connectivity index (χ0n) is 19.4. The highest BCUT2D eigenvalue weighted by Crippen LogP contribution is 2.41. The van der Waals surface area contributed by atoms with Gasteiger partial charge in [-0.1, -0.05) is 17.8 Å². The maximum atomic E-state index is 12.9. The number of rotatable bonds is 10. The summed E-state index contributed by atoms with van der Waals surface area (Å²) in [6.07, 6.45) is 1.40. The van der Waals surface area contributed by atoms with Crippen LogP contribution >= 0.6 is 23.1 Å². The van der Waals surface area contributed by atoms with Crippen LogP contribution in [0, 0.1) is 0 Å². The number of ether oxygens (including phenoxy) is 4. The second-order valence-electron chi connectivity index (χ2n) is 7.29. The first-order valence-corrected chi connectivity index (χ1v) is 12.0. The first-order valence-electron chi connectivity index (χ1n) is 10.1. The summed E-state index contributed by atoms with van der Waals surface area (Å²) in [6.45, 7) is 4.22. The van der Waals surface area contributed by atoms with Crippen molar-refractivity contribution in [2.75, 3.05) is 32.5 Å². The van der Waals surface area contributed by atoms with Crippen LogP contribution in [-0.4, -0.2) is 88.5 Å². The van der Waals surface area contributed by atoms with Crippen molar-refractivity contribution in [2.45, 2.75) is 24.1 Å². The van der Waals surface area contributed by atoms with E-state index in [-0.39, 0.29) is 22.3 Å². The Morgan fingerprint density at radius 2 is 2.08 bits per heavy atom. The number of hydrogen-bond donors (Lipinski definition) is 3. The minimum absolute atomic E-state index is 0.0446. The van der Waals surface area contributed by atoms with Crippen molar-refractivity contribution in [1.29, 1.82) is 0 Å².